The first-order valence-electron chi connectivity index (χ1n) is 5.45. The number of nitrogens with zero attached hydrogens (tertiary/aromatic N) is 1. The number of carbonyl (C=O) groups excluding carboxylic acids is 2. The minimum atomic E-state index is -0.528. The molecular formula is C13H15NO2. The van der Waals surface area contributed by atoms with Crippen LogP contribution in [0.3, 0.4) is 0 Å². The number of benzene rings is 1. The highest BCUT2D eigenvalue weighted by molar-refractivity contribution is 6.21. The van der Waals surface area contributed by atoms with Crippen LogP contribution in [-0.2, 0) is 4.79 Å². The quantitative estimate of drug-likeness (QED) is 0.676. The topological polar surface area (TPSA) is 37.4 Å². The van der Waals surface area contributed by atoms with Gasteiger partial charge in [0, 0.05) is 12.6 Å². The Labute approximate surface area is 95.1 Å². The molecule has 1 atom stereocenters. The largest absolute Gasteiger partial charge is 0.314 e. The molecule has 0 N–H and O–H groups in total. The normalized spacial score (nSPS) is 20.2. The molecule has 1 amide bonds. The zero-order valence-corrected chi connectivity index (χ0v) is 9.73. The van der Waals surface area contributed by atoms with Crippen LogP contribution < -0.4 is 4.90 Å². The fourth-order valence-electron chi connectivity index (χ4n) is 2.17. The first-order valence-corrected chi connectivity index (χ1v) is 5.45. The van der Waals surface area contributed by atoms with Crippen molar-refractivity contribution in [2.24, 2.45) is 11.8 Å². The van der Waals surface area contributed by atoms with Crippen molar-refractivity contribution in [2.45, 2.75) is 13.8 Å². The van der Waals surface area contributed by atoms with E-state index in [0.717, 1.165) is 5.69 Å². The molecule has 0 saturated carbocycles. The van der Waals surface area contributed by atoms with Crippen molar-refractivity contribution < 1.29 is 9.59 Å². The van der Waals surface area contributed by atoms with E-state index in [9.17, 15) is 9.59 Å². The molecule has 1 aliphatic heterocycles. The minimum absolute atomic E-state index is 0.0378. The Morgan fingerprint density at radius 3 is 2.44 bits per heavy atom. The van der Waals surface area contributed by atoms with Crippen molar-refractivity contribution in [2.75, 3.05) is 11.9 Å². The van der Waals surface area contributed by atoms with E-state index in [1.807, 2.05) is 32.0 Å². The van der Waals surface area contributed by atoms with Gasteiger partial charge in [0.25, 0.3) is 0 Å². The van der Waals surface area contributed by atoms with Crippen molar-refractivity contribution in [3.8, 4) is 0 Å². The Morgan fingerprint density at radius 2 is 1.81 bits per heavy atom. The van der Waals surface area contributed by atoms with Gasteiger partial charge < -0.3 is 4.90 Å². The third-order valence-electron chi connectivity index (χ3n) is 3.08. The second kappa shape index (κ2) is 3.74. The van der Waals surface area contributed by atoms with Gasteiger partial charge in [-0.25, -0.2) is 0 Å². The molecule has 2 rings (SSSR count). The van der Waals surface area contributed by atoms with Gasteiger partial charge in [0.15, 0.2) is 5.78 Å². The molecule has 0 fully saturated rings. The molecule has 0 spiro atoms. The molecule has 0 aromatic heterocycles. The second-order valence-corrected chi connectivity index (χ2v) is 4.50. The Balaban J connectivity index is 2.56. The third-order valence-corrected chi connectivity index (χ3v) is 3.08. The lowest BCUT2D eigenvalue weighted by Gasteiger charge is -2.32. The molecule has 1 aromatic carbocycles. The maximum absolute atomic E-state index is 12.2. The highest BCUT2D eigenvalue weighted by Gasteiger charge is 2.39. The SMILES string of the molecule is CC(C)[C@@H]1C(=O)c2ccccc2N(C)C1=O. The molecule has 3 heteroatoms. The van der Waals surface area contributed by atoms with E-state index in [1.165, 1.54) is 0 Å². The van der Waals surface area contributed by atoms with E-state index in [0.29, 0.717) is 5.56 Å². The third kappa shape index (κ3) is 1.43. The Morgan fingerprint density at radius 1 is 1.19 bits per heavy atom. The number of hydrogen-bond acceptors (Lipinski definition) is 2. The van der Waals surface area contributed by atoms with E-state index in [1.54, 1.807) is 18.0 Å². The number of para-hydroxylation sites is 1. The lowest BCUT2D eigenvalue weighted by Crippen LogP contribution is -2.44. The van der Waals surface area contributed by atoms with Crippen molar-refractivity contribution in [3.63, 3.8) is 0 Å². The van der Waals surface area contributed by atoms with Crippen LogP contribution >= 0.6 is 0 Å². The van der Waals surface area contributed by atoms with Gasteiger partial charge in [0.2, 0.25) is 5.91 Å². The first-order chi connectivity index (χ1) is 7.54. The van der Waals surface area contributed by atoms with Gasteiger partial charge in [0.05, 0.1) is 5.69 Å². The van der Waals surface area contributed by atoms with Crippen LogP contribution in [0.4, 0.5) is 5.69 Å². The summed E-state index contributed by atoms with van der Waals surface area (Å²) in [5.41, 5.74) is 1.37. The monoisotopic (exact) mass is 217 g/mol. The molecule has 0 saturated heterocycles. The van der Waals surface area contributed by atoms with Crippen molar-refractivity contribution >= 4 is 17.4 Å². The van der Waals surface area contributed by atoms with Crippen LogP contribution in [0.25, 0.3) is 0 Å². The summed E-state index contributed by atoms with van der Waals surface area (Å²) in [4.78, 5) is 25.8. The van der Waals surface area contributed by atoms with Gasteiger partial charge in [-0.1, -0.05) is 26.0 Å². The maximum Gasteiger partial charge on any atom is 0.237 e. The summed E-state index contributed by atoms with van der Waals surface area (Å²) in [6.07, 6.45) is 0. The number of amides is 1. The van der Waals surface area contributed by atoms with E-state index in [2.05, 4.69) is 0 Å². The summed E-state index contributed by atoms with van der Waals surface area (Å²) >= 11 is 0. The molecule has 1 aromatic rings. The van der Waals surface area contributed by atoms with Gasteiger partial charge in [-0.3, -0.25) is 9.59 Å². The molecule has 84 valence electrons. The summed E-state index contributed by atoms with van der Waals surface area (Å²) in [6.45, 7) is 3.81. The number of carbonyl (C=O) groups is 2. The summed E-state index contributed by atoms with van der Waals surface area (Å²) in [5, 5.41) is 0. The molecule has 16 heavy (non-hydrogen) atoms. The number of ketones is 1. The van der Waals surface area contributed by atoms with Crippen LogP contribution in [0, 0.1) is 11.8 Å². The average Bonchev–Trinajstić information content (AvgIpc) is 2.26. The standard InChI is InChI=1S/C13H15NO2/c1-8(2)11-12(15)9-6-4-5-7-10(9)14(3)13(11)16/h4-8,11H,1-3H3/t11-/m1/s1. The van der Waals surface area contributed by atoms with Gasteiger partial charge in [-0.05, 0) is 18.1 Å². The minimum Gasteiger partial charge on any atom is -0.314 e. The Hall–Kier alpha value is -1.64. The fourth-order valence-corrected chi connectivity index (χ4v) is 2.17. The van der Waals surface area contributed by atoms with Gasteiger partial charge in [-0.2, -0.15) is 0 Å². The van der Waals surface area contributed by atoms with Crippen LogP contribution in [0.1, 0.15) is 24.2 Å². The van der Waals surface area contributed by atoms with Gasteiger partial charge >= 0.3 is 0 Å². The molecule has 0 bridgehead atoms. The molecule has 0 aliphatic carbocycles. The highest BCUT2D eigenvalue weighted by Crippen LogP contribution is 2.32. The second-order valence-electron chi connectivity index (χ2n) is 4.50. The fraction of sp³-hybridized carbons (Fsp3) is 0.385. The average molecular weight is 217 g/mol. The Kier molecular flexibility index (Phi) is 2.54. The van der Waals surface area contributed by atoms with E-state index in [4.69, 9.17) is 0 Å². The van der Waals surface area contributed by atoms with Crippen molar-refractivity contribution in [1.82, 2.24) is 0 Å². The zero-order chi connectivity index (χ0) is 11.9. The van der Waals surface area contributed by atoms with E-state index >= 15 is 0 Å². The van der Waals surface area contributed by atoms with Gasteiger partial charge in [-0.15, -0.1) is 0 Å². The van der Waals surface area contributed by atoms with Crippen molar-refractivity contribution in [1.29, 1.82) is 0 Å². The zero-order valence-electron chi connectivity index (χ0n) is 9.73. The lowest BCUT2D eigenvalue weighted by atomic mass is 9.83. The first kappa shape index (κ1) is 10.9. The van der Waals surface area contributed by atoms with E-state index < -0.39 is 5.92 Å². The summed E-state index contributed by atoms with van der Waals surface area (Å²) < 4.78 is 0. The van der Waals surface area contributed by atoms with Crippen LogP contribution in [0.2, 0.25) is 0 Å². The van der Waals surface area contributed by atoms with E-state index in [-0.39, 0.29) is 17.6 Å². The lowest BCUT2D eigenvalue weighted by molar-refractivity contribution is -0.122. The smallest absolute Gasteiger partial charge is 0.237 e. The van der Waals surface area contributed by atoms with Crippen LogP contribution in [0.15, 0.2) is 24.3 Å². The molecule has 0 unspecified atom stereocenters. The summed E-state index contributed by atoms with van der Waals surface area (Å²) in [7, 11) is 1.73. The number of hydrogen-bond donors (Lipinski definition) is 0. The number of anilines is 1. The number of Topliss-reactive ketones (excluding diaryl/α,β-unsaturated/α-hetero) is 1. The molecule has 1 aliphatic rings. The summed E-state index contributed by atoms with van der Waals surface area (Å²) in [6, 6.07) is 7.26. The van der Waals surface area contributed by atoms with Crippen molar-refractivity contribution in [3.05, 3.63) is 29.8 Å². The molecule has 3 nitrogen and oxygen atoms in total. The number of rotatable bonds is 1. The predicted molar refractivity (Wildman–Crippen MR) is 62.5 cm³/mol. The predicted octanol–water partition coefficient (Wildman–Crippen LogP) is 2.12. The maximum atomic E-state index is 12.2. The van der Waals surface area contributed by atoms with Crippen LogP contribution in [0.5, 0.6) is 0 Å². The Bertz CT molecular complexity index is 451. The summed E-state index contributed by atoms with van der Waals surface area (Å²) in [5.74, 6) is -0.636. The highest BCUT2D eigenvalue weighted by atomic mass is 16.2. The molecule has 1 heterocycles. The number of fused-ring (bicyclic) bond motifs is 1. The van der Waals surface area contributed by atoms with Crippen LogP contribution in [-0.4, -0.2) is 18.7 Å². The van der Waals surface area contributed by atoms with Gasteiger partial charge in [0.1, 0.15) is 5.92 Å². The molecular weight excluding hydrogens is 202 g/mol. The molecule has 0 radical (unpaired) electrons.